The zero-order valence-corrected chi connectivity index (χ0v) is 11.8. The second-order valence-corrected chi connectivity index (χ2v) is 5.61. The van der Waals surface area contributed by atoms with Gasteiger partial charge in [-0.25, -0.2) is 4.85 Å². The van der Waals surface area contributed by atoms with Crippen LogP contribution in [0.2, 0.25) is 0 Å². The van der Waals surface area contributed by atoms with Gasteiger partial charge >= 0.3 is 0 Å². The molecular weight excluding hydrogens is 226 g/mol. The SMILES string of the molecule is [C-]#[N+]C(=CC=C1N(C)CCN1C)C(=O)C(C)(C)C. The number of allylic oxidation sites excluding steroid dienone is 3. The van der Waals surface area contributed by atoms with Gasteiger partial charge in [-0.2, -0.15) is 0 Å². The molecule has 1 fully saturated rings. The Labute approximate surface area is 109 Å². The molecule has 0 aromatic carbocycles. The van der Waals surface area contributed by atoms with E-state index in [0.29, 0.717) is 0 Å². The Kier molecular flexibility index (Phi) is 4.18. The lowest BCUT2D eigenvalue weighted by atomic mass is 9.89. The number of carbonyl (C=O) groups is 1. The summed E-state index contributed by atoms with van der Waals surface area (Å²) in [7, 11) is 4.01. The Hall–Kier alpha value is -1.76. The summed E-state index contributed by atoms with van der Waals surface area (Å²) in [6.45, 7) is 14.5. The van der Waals surface area contributed by atoms with Crippen molar-refractivity contribution in [1.82, 2.24) is 9.80 Å². The maximum Gasteiger partial charge on any atom is 0.229 e. The molecule has 1 aliphatic heterocycles. The fourth-order valence-corrected chi connectivity index (χ4v) is 1.78. The van der Waals surface area contributed by atoms with E-state index in [0.717, 1.165) is 18.9 Å². The van der Waals surface area contributed by atoms with E-state index in [9.17, 15) is 4.79 Å². The summed E-state index contributed by atoms with van der Waals surface area (Å²) in [5.41, 5.74) is -0.314. The largest absolute Gasteiger partial charge is 0.360 e. The highest BCUT2D eigenvalue weighted by atomic mass is 16.1. The van der Waals surface area contributed by atoms with Crippen molar-refractivity contribution >= 4 is 5.78 Å². The molecule has 0 aromatic heterocycles. The summed E-state index contributed by atoms with van der Waals surface area (Å²) in [6, 6.07) is 0. The number of nitrogens with zero attached hydrogens (tertiary/aromatic N) is 3. The molecule has 0 amide bonds. The Morgan fingerprint density at radius 2 is 1.78 bits per heavy atom. The highest BCUT2D eigenvalue weighted by Gasteiger charge is 2.25. The Morgan fingerprint density at radius 3 is 2.17 bits per heavy atom. The van der Waals surface area contributed by atoms with Crippen LogP contribution in [0, 0.1) is 12.0 Å². The number of hydrogen-bond donors (Lipinski definition) is 0. The minimum Gasteiger partial charge on any atom is -0.360 e. The predicted octanol–water partition coefficient (Wildman–Crippen LogP) is 2.12. The molecule has 4 heteroatoms. The van der Waals surface area contributed by atoms with Crippen LogP contribution in [0.5, 0.6) is 0 Å². The number of Topliss-reactive ketones (excluding diaryl/α,β-unsaturated/α-hetero) is 1. The van der Waals surface area contributed by atoms with Gasteiger partial charge in [-0.05, 0) is 12.2 Å². The first-order valence-electron chi connectivity index (χ1n) is 6.04. The average Bonchev–Trinajstić information content (AvgIpc) is 2.59. The summed E-state index contributed by atoms with van der Waals surface area (Å²) < 4.78 is 0. The molecule has 0 radical (unpaired) electrons. The molecule has 0 spiro atoms. The molecule has 0 aliphatic carbocycles. The fraction of sp³-hybridized carbons (Fsp3) is 0.571. The highest BCUT2D eigenvalue weighted by Crippen LogP contribution is 2.21. The molecule has 1 aliphatic rings. The molecule has 1 saturated heterocycles. The second-order valence-electron chi connectivity index (χ2n) is 5.61. The molecule has 4 nitrogen and oxygen atoms in total. The van der Waals surface area contributed by atoms with Crippen LogP contribution >= 0.6 is 0 Å². The lowest BCUT2D eigenvalue weighted by Gasteiger charge is -2.17. The van der Waals surface area contributed by atoms with Crippen molar-refractivity contribution in [3.05, 3.63) is 35.1 Å². The standard InChI is InChI=1S/C14H21N3O/c1-14(2,3)13(18)11(15-4)7-8-12-16(5)9-10-17(12)6/h7-8H,9-10H2,1-3,5-6H3. The molecule has 0 bridgehead atoms. The number of likely N-dealkylation sites (N-methyl/N-ethyl adjacent to an activating group) is 2. The van der Waals surface area contributed by atoms with Crippen molar-refractivity contribution < 1.29 is 4.79 Å². The Balaban J connectivity index is 2.98. The van der Waals surface area contributed by atoms with Gasteiger partial charge in [0.05, 0.1) is 6.57 Å². The minimum absolute atomic E-state index is 0.113. The van der Waals surface area contributed by atoms with E-state index in [2.05, 4.69) is 14.6 Å². The van der Waals surface area contributed by atoms with E-state index in [-0.39, 0.29) is 11.5 Å². The quantitative estimate of drug-likeness (QED) is 0.552. The van der Waals surface area contributed by atoms with E-state index < -0.39 is 5.41 Å². The summed E-state index contributed by atoms with van der Waals surface area (Å²) in [5, 5.41) is 0. The van der Waals surface area contributed by atoms with Crippen LogP contribution in [0.1, 0.15) is 20.8 Å². The molecule has 0 saturated carbocycles. The Bertz CT molecular complexity index is 423. The van der Waals surface area contributed by atoms with Gasteiger partial charge in [0.1, 0.15) is 5.82 Å². The van der Waals surface area contributed by atoms with Crippen LogP contribution < -0.4 is 0 Å². The van der Waals surface area contributed by atoms with Crippen molar-refractivity contribution in [2.75, 3.05) is 27.2 Å². The molecule has 1 rings (SSSR count). The van der Waals surface area contributed by atoms with E-state index >= 15 is 0 Å². The van der Waals surface area contributed by atoms with Gasteiger partial charge in [-0.3, -0.25) is 0 Å². The molecule has 18 heavy (non-hydrogen) atoms. The average molecular weight is 247 g/mol. The molecular formula is C14H21N3O. The monoisotopic (exact) mass is 247 g/mol. The second kappa shape index (κ2) is 5.26. The van der Waals surface area contributed by atoms with Gasteiger partial charge in [-0.15, -0.1) is 0 Å². The third kappa shape index (κ3) is 3.13. The topological polar surface area (TPSA) is 27.9 Å². The van der Waals surface area contributed by atoms with Crippen LogP contribution in [0.15, 0.2) is 23.7 Å². The maximum atomic E-state index is 12.0. The zero-order valence-electron chi connectivity index (χ0n) is 11.8. The summed E-state index contributed by atoms with van der Waals surface area (Å²) in [6.07, 6.45) is 3.48. The maximum absolute atomic E-state index is 12.0. The fourth-order valence-electron chi connectivity index (χ4n) is 1.78. The van der Waals surface area contributed by atoms with Crippen LogP contribution in [0.3, 0.4) is 0 Å². The van der Waals surface area contributed by atoms with Crippen LogP contribution in [-0.4, -0.2) is 42.8 Å². The molecule has 0 unspecified atom stereocenters. The van der Waals surface area contributed by atoms with Crippen molar-refractivity contribution in [3.8, 4) is 0 Å². The number of carbonyl (C=O) groups excluding carboxylic acids is 1. The van der Waals surface area contributed by atoms with E-state index in [1.54, 1.807) is 6.08 Å². The lowest BCUT2D eigenvalue weighted by Crippen LogP contribution is -2.21. The summed E-state index contributed by atoms with van der Waals surface area (Å²) >= 11 is 0. The molecule has 1 heterocycles. The molecule has 0 N–H and O–H groups in total. The summed E-state index contributed by atoms with van der Waals surface area (Å²) in [4.78, 5) is 19.6. The van der Waals surface area contributed by atoms with Gasteiger partial charge < -0.3 is 14.6 Å². The number of rotatable bonds is 2. The minimum atomic E-state index is -0.512. The normalized spacial score (nSPS) is 16.9. The van der Waals surface area contributed by atoms with Crippen molar-refractivity contribution in [3.63, 3.8) is 0 Å². The number of hydrogen-bond acceptors (Lipinski definition) is 3. The van der Waals surface area contributed by atoms with Crippen molar-refractivity contribution in [2.24, 2.45) is 5.41 Å². The first-order chi connectivity index (χ1) is 8.27. The van der Waals surface area contributed by atoms with Gasteiger partial charge in [-0.1, -0.05) is 20.8 Å². The van der Waals surface area contributed by atoms with Crippen LogP contribution in [-0.2, 0) is 4.79 Å². The van der Waals surface area contributed by atoms with Gasteiger partial charge in [0.25, 0.3) is 0 Å². The molecule has 98 valence electrons. The van der Waals surface area contributed by atoms with E-state index in [4.69, 9.17) is 6.57 Å². The van der Waals surface area contributed by atoms with Crippen molar-refractivity contribution in [2.45, 2.75) is 20.8 Å². The number of ketones is 1. The first kappa shape index (κ1) is 14.3. The zero-order chi connectivity index (χ0) is 13.9. The third-order valence-electron chi connectivity index (χ3n) is 2.98. The van der Waals surface area contributed by atoms with E-state index in [1.165, 1.54) is 0 Å². The van der Waals surface area contributed by atoms with E-state index in [1.807, 2.05) is 40.9 Å². The highest BCUT2D eigenvalue weighted by molar-refractivity contribution is 6.00. The van der Waals surface area contributed by atoms with Crippen LogP contribution in [0.25, 0.3) is 4.85 Å². The van der Waals surface area contributed by atoms with Gasteiger partial charge in [0, 0.05) is 32.6 Å². The molecule has 0 aromatic rings. The predicted molar refractivity (Wildman–Crippen MR) is 72.5 cm³/mol. The lowest BCUT2D eigenvalue weighted by molar-refractivity contribution is -0.122. The first-order valence-corrected chi connectivity index (χ1v) is 6.04. The smallest absolute Gasteiger partial charge is 0.229 e. The molecule has 0 atom stereocenters. The van der Waals surface area contributed by atoms with Gasteiger partial charge in [0.15, 0.2) is 5.78 Å². The van der Waals surface area contributed by atoms with Gasteiger partial charge in [0.2, 0.25) is 5.70 Å². The summed E-state index contributed by atoms with van der Waals surface area (Å²) in [5.74, 6) is 0.926. The third-order valence-corrected chi connectivity index (χ3v) is 2.98. The Morgan fingerprint density at radius 1 is 1.28 bits per heavy atom. The van der Waals surface area contributed by atoms with Crippen LogP contribution in [0.4, 0.5) is 0 Å². The van der Waals surface area contributed by atoms with Crippen molar-refractivity contribution in [1.29, 1.82) is 0 Å².